The van der Waals surface area contributed by atoms with Crippen molar-refractivity contribution in [3.8, 4) is 0 Å². The molecule has 1 aromatic carbocycles. The lowest BCUT2D eigenvalue weighted by Crippen LogP contribution is -2.15. The van der Waals surface area contributed by atoms with Crippen molar-refractivity contribution in [2.24, 2.45) is 0 Å². The minimum Gasteiger partial charge on any atom is -0.461 e. The van der Waals surface area contributed by atoms with Gasteiger partial charge in [0.25, 0.3) is 0 Å². The fraction of sp³-hybridized carbons (Fsp3) is 0.619. The van der Waals surface area contributed by atoms with E-state index >= 15 is 0 Å². The Labute approximate surface area is 151 Å². The van der Waals surface area contributed by atoms with Crippen molar-refractivity contribution in [3.63, 3.8) is 0 Å². The lowest BCUT2D eigenvalue weighted by Gasteiger charge is -2.23. The number of hydrogen-bond acceptors (Lipinski definition) is 4. The van der Waals surface area contributed by atoms with Gasteiger partial charge in [0.05, 0.1) is 0 Å². The SMILES string of the molecule is CCCC(=O)OCc1cc(C(C)(C)C)cc(C)c1COC(=O)CCC. The summed E-state index contributed by atoms with van der Waals surface area (Å²) in [5, 5.41) is 0. The summed E-state index contributed by atoms with van der Waals surface area (Å²) in [5.74, 6) is -0.397. The summed E-state index contributed by atoms with van der Waals surface area (Å²) in [6.07, 6.45) is 2.36. The third-order valence-electron chi connectivity index (χ3n) is 4.11. The van der Waals surface area contributed by atoms with Crippen molar-refractivity contribution in [2.45, 2.75) is 85.9 Å². The second kappa shape index (κ2) is 9.59. The molecule has 0 N–H and O–H groups in total. The highest BCUT2D eigenvalue weighted by molar-refractivity contribution is 5.70. The fourth-order valence-electron chi connectivity index (χ4n) is 2.52. The highest BCUT2D eigenvalue weighted by Gasteiger charge is 2.19. The predicted molar refractivity (Wildman–Crippen MR) is 99.3 cm³/mol. The van der Waals surface area contributed by atoms with Gasteiger partial charge in [-0.15, -0.1) is 0 Å². The standard InChI is InChI=1S/C21H32O4/c1-7-9-19(22)24-13-16-12-17(21(4,5)6)11-15(3)18(16)14-25-20(23)10-8-2/h11-12H,7-10,13-14H2,1-6H3. The van der Waals surface area contributed by atoms with Crippen LogP contribution in [0.25, 0.3) is 0 Å². The highest BCUT2D eigenvalue weighted by Crippen LogP contribution is 2.28. The van der Waals surface area contributed by atoms with E-state index in [0.717, 1.165) is 29.5 Å². The highest BCUT2D eigenvalue weighted by atomic mass is 16.5. The molecule has 0 amide bonds. The number of aryl methyl sites for hydroxylation is 1. The summed E-state index contributed by atoms with van der Waals surface area (Å²) in [6, 6.07) is 4.19. The Kier molecular flexibility index (Phi) is 8.14. The van der Waals surface area contributed by atoms with Crippen LogP contribution in [0.3, 0.4) is 0 Å². The van der Waals surface area contributed by atoms with Crippen molar-refractivity contribution in [1.29, 1.82) is 0 Å². The normalized spacial score (nSPS) is 11.3. The lowest BCUT2D eigenvalue weighted by atomic mass is 9.83. The Morgan fingerprint density at radius 1 is 0.920 bits per heavy atom. The monoisotopic (exact) mass is 348 g/mol. The van der Waals surface area contributed by atoms with Gasteiger partial charge in [0.1, 0.15) is 13.2 Å². The molecule has 0 fully saturated rings. The molecule has 1 rings (SSSR count). The average Bonchev–Trinajstić information content (AvgIpc) is 2.51. The minimum absolute atomic E-state index is 0.00957. The van der Waals surface area contributed by atoms with Crippen molar-refractivity contribution < 1.29 is 19.1 Å². The summed E-state index contributed by atoms with van der Waals surface area (Å²) in [6.45, 7) is 12.8. The summed E-state index contributed by atoms with van der Waals surface area (Å²) < 4.78 is 10.8. The van der Waals surface area contributed by atoms with Gasteiger partial charge < -0.3 is 9.47 Å². The van der Waals surface area contributed by atoms with Crippen molar-refractivity contribution in [2.75, 3.05) is 0 Å². The van der Waals surface area contributed by atoms with Gasteiger partial charge >= 0.3 is 11.9 Å². The van der Waals surface area contributed by atoms with Gasteiger partial charge in [-0.2, -0.15) is 0 Å². The Balaban J connectivity index is 3.06. The molecule has 140 valence electrons. The van der Waals surface area contributed by atoms with Gasteiger partial charge in [-0.3, -0.25) is 9.59 Å². The van der Waals surface area contributed by atoms with E-state index in [0.29, 0.717) is 12.8 Å². The quantitative estimate of drug-likeness (QED) is 0.622. The first kappa shape index (κ1) is 21.2. The molecule has 0 radical (unpaired) electrons. The van der Waals surface area contributed by atoms with Crippen LogP contribution in [-0.2, 0) is 37.7 Å². The molecular formula is C21H32O4. The van der Waals surface area contributed by atoms with E-state index in [2.05, 4.69) is 32.9 Å². The van der Waals surface area contributed by atoms with E-state index in [4.69, 9.17) is 9.47 Å². The second-order valence-corrected chi connectivity index (χ2v) is 7.50. The molecule has 0 spiro atoms. The Morgan fingerprint density at radius 3 is 1.92 bits per heavy atom. The van der Waals surface area contributed by atoms with E-state index in [1.807, 2.05) is 20.8 Å². The van der Waals surface area contributed by atoms with Crippen molar-refractivity contribution in [3.05, 3.63) is 34.4 Å². The molecule has 4 nitrogen and oxygen atoms in total. The number of carbonyl (C=O) groups excluding carboxylic acids is 2. The molecule has 4 heteroatoms. The molecule has 0 unspecified atom stereocenters. The lowest BCUT2D eigenvalue weighted by molar-refractivity contribution is -0.146. The number of ether oxygens (including phenoxy) is 2. The van der Waals surface area contributed by atoms with Crippen LogP contribution >= 0.6 is 0 Å². The maximum absolute atomic E-state index is 11.7. The van der Waals surface area contributed by atoms with Crippen LogP contribution in [0.2, 0.25) is 0 Å². The third-order valence-corrected chi connectivity index (χ3v) is 4.11. The molecule has 0 aromatic heterocycles. The average molecular weight is 348 g/mol. The minimum atomic E-state index is -0.199. The summed E-state index contributed by atoms with van der Waals surface area (Å²) in [4.78, 5) is 23.4. The first-order valence-electron chi connectivity index (χ1n) is 9.13. The zero-order valence-corrected chi connectivity index (χ0v) is 16.5. The first-order valence-corrected chi connectivity index (χ1v) is 9.13. The molecule has 0 atom stereocenters. The third kappa shape index (κ3) is 6.89. The van der Waals surface area contributed by atoms with Gasteiger partial charge in [0.15, 0.2) is 0 Å². The van der Waals surface area contributed by atoms with Gasteiger partial charge in [0.2, 0.25) is 0 Å². The Hall–Kier alpha value is -1.84. The van der Waals surface area contributed by atoms with Crippen molar-refractivity contribution in [1.82, 2.24) is 0 Å². The van der Waals surface area contributed by atoms with Crippen LogP contribution in [-0.4, -0.2) is 11.9 Å². The largest absolute Gasteiger partial charge is 0.461 e. The molecule has 0 bridgehead atoms. The van der Waals surface area contributed by atoms with Gasteiger partial charge in [-0.25, -0.2) is 0 Å². The number of hydrogen-bond donors (Lipinski definition) is 0. The zero-order valence-electron chi connectivity index (χ0n) is 16.5. The smallest absolute Gasteiger partial charge is 0.306 e. The summed E-state index contributed by atoms with van der Waals surface area (Å²) in [5.41, 5.74) is 4.07. The van der Waals surface area contributed by atoms with Crippen LogP contribution in [0.1, 0.15) is 82.6 Å². The molecule has 25 heavy (non-hydrogen) atoms. The van der Waals surface area contributed by atoms with E-state index in [9.17, 15) is 9.59 Å². The van der Waals surface area contributed by atoms with Gasteiger partial charge in [-0.1, -0.05) is 46.8 Å². The maximum Gasteiger partial charge on any atom is 0.306 e. The molecule has 0 saturated carbocycles. The molecule has 0 saturated heterocycles. The van der Waals surface area contributed by atoms with Crippen LogP contribution in [0.5, 0.6) is 0 Å². The Bertz CT molecular complexity index is 597. The van der Waals surface area contributed by atoms with Gasteiger partial charge in [-0.05, 0) is 47.4 Å². The fourth-order valence-corrected chi connectivity index (χ4v) is 2.52. The molecule has 0 aliphatic rings. The number of benzene rings is 1. The van der Waals surface area contributed by atoms with Crippen LogP contribution in [0.15, 0.2) is 12.1 Å². The number of rotatable bonds is 8. The molecule has 0 aliphatic carbocycles. The molecule has 0 aliphatic heterocycles. The predicted octanol–water partition coefficient (Wildman–Crippen LogP) is 4.98. The van der Waals surface area contributed by atoms with Crippen LogP contribution in [0.4, 0.5) is 0 Å². The Morgan fingerprint density at radius 2 is 1.44 bits per heavy atom. The number of carbonyl (C=O) groups is 2. The second-order valence-electron chi connectivity index (χ2n) is 7.50. The summed E-state index contributed by atoms with van der Waals surface area (Å²) >= 11 is 0. The number of esters is 2. The molecular weight excluding hydrogens is 316 g/mol. The topological polar surface area (TPSA) is 52.6 Å². The first-order chi connectivity index (χ1) is 11.7. The molecule has 0 heterocycles. The summed E-state index contributed by atoms with van der Waals surface area (Å²) in [7, 11) is 0. The zero-order chi connectivity index (χ0) is 19.0. The van der Waals surface area contributed by atoms with E-state index in [-0.39, 0.29) is 30.6 Å². The van der Waals surface area contributed by atoms with E-state index < -0.39 is 0 Å². The van der Waals surface area contributed by atoms with Crippen molar-refractivity contribution >= 4 is 11.9 Å². The van der Waals surface area contributed by atoms with E-state index in [1.54, 1.807) is 0 Å². The maximum atomic E-state index is 11.7. The van der Waals surface area contributed by atoms with Gasteiger partial charge in [0, 0.05) is 12.8 Å². The van der Waals surface area contributed by atoms with E-state index in [1.165, 1.54) is 5.56 Å². The molecule has 1 aromatic rings. The van der Waals surface area contributed by atoms with Crippen LogP contribution < -0.4 is 0 Å². The van der Waals surface area contributed by atoms with Crippen LogP contribution in [0, 0.1) is 6.92 Å².